The summed E-state index contributed by atoms with van der Waals surface area (Å²) >= 11 is 0. The maximum absolute atomic E-state index is 10.5. The molecule has 1 aliphatic rings. The maximum Gasteiger partial charge on any atom is 0.222 e. The number of carbonyl (C=O) groups excluding carboxylic acids is 1. The number of rotatable bonds is 2. The van der Waals surface area contributed by atoms with E-state index in [2.05, 4.69) is 20.7 Å². The first-order valence-corrected chi connectivity index (χ1v) is 3.76. The first-order valence-electron chi connectivity index (χ1n) is 3.76. The summed E-state index contributed by atoms with van der Waals surface area (Å²) in [6.45, 7) is 0. The van der Waals surface area contributed by atoms with E-state index in [1.54, 1.807) is 7.05 Å². The van der Waals surface area contributed by atoms with Crippen molar-refractivity contribution in [3.05, 3.63) is 5.82 Å². The van der Waals surface area contributed by atoms with Gasteiger partial charge < -0.3 is 5.32 Å². The lowest BCUT2D eigenvalue weighted by Crippen LogP contribution is -2.49. The number of aromatic nitrogens is 4. The summed E-state index contributed by atoms with van der Waals surface area (Å²) in [6.07, 6.45) is 1.26. The van der Waals surface area contributed by atoms with Crippen molar-refractivity contribution in [3.63, 3.8) is 0 Å². The second kappa shape index (κ2) is 2.54. The predicted molar refractivity (Wildman–Crippen MR) is 39.0 cm³/mol. The zero-order valence-electron chi connectivity index (χ0n) is 6.69. The summed E-state index contributed by atoms with van der Waals surface area (Å²) in [5.74, 6) is 0.784. The molecule has 0 aliphatic carbocycles. The van der Waals surface area contributed by atoms with Crippen LogP contribution in [0.2, 0.25) is 0 Å². The number of nitrogens with one attached hydrogen (secondary N) is 1. The third kappa shape index (κ3) is 1.27. The quantitative estimate of drug-likeness (QED) is 0.552. The van der Waals surface area contributed by atoms with E-state index in [4.69, 9.17) is 0 Å². The van der Waals surface area contributed by atoms with Crippen LogP contribution in [0.4, 0.5) is 0 Å². The van der Waals surface area contributed by atoms with Gasteiger partial charge in [0.15, 0.2) is 5.82 Å². The summed E-state index contributed by atoms with van der Waals surface area (Å²) in [4.78, 5) is 11.9. The van der Waals surface area contributed by atoms with Gasteiger partial charge in [-0.1, -0.05) is 0 Å². The van der Waals surface area contributed by atoms with Crippen LogP contribution in [0.1, 0.15) is 12.2 Å². The molecule has 2 rings (SSSR count). The van der Waals surface area contributed by atoms with Crippen molar-refractivity contribution in [1.82, 2.24) is 25.5 Å². The zero-order valence-corrected chi connectivity index (χ0v) is 6.69. The van der Waals surface area contributed by atoms with E-state index in [-0.39, 0.29) is 11.9 Å². The summed E-state index contributed by atoms with van der Waals surface area (Å²) in [7, 11) is 1.72. The molecule has 0 saturated carbocycles. The topological polar surface area (TPSA) is 72.7 Å². The number of tetrazole rings is 1. The number of hydrogen-bond donors (Lipinski definition) is 1. The standard InChI is InChI=1S/C6H9N5O/c1-11-9-5(8-10-11)2-4-3-6(12)7-4/h4H,2-3H2,1H3,(H,7,12). The smallest absolute Gasteiger partial charge is 0.222 e. The van der Waals surface area contributed by atoms with Gasteiger partial charge in [-0.2, -0.15) is 4.80 Å². The summed E-state index contributed by atoms with van der Waals surface area (Å²) < 4.78 is 0. The number of nitrogens with zero attached hydrogens (tertiary/aromatic N) is 4. The van der Waals surface area contributed by atoms with E-state index in [1.165, 1.54) is 4.80 Å². The van der Waals surface area contributed by atoms with Crippen LogP contribution in [-0.2, 0) is 18.3 Å². The molecule has 1 aromatic heterocycles. The molecular formula is C6H9N5O. The monoisotopic (exact) mass is 167 g/mol. The van der Waals surface area contributed by atoms with E-state index in [0.29, 0.717) is 18.7 Å². The molecule has 6 heteroatoms. The highest BCUT2D eigenvalue weighted by atomic mass is 16.2. The van der Waals surface area contributed by atoms with Crippen LogP contribution in [0.25, 0.3) is 0 Å². The molecule has 1 atom stereocenters. The Bertz CT molecular complexity index is 299. The van der Waals surface area contributed by atoms with E-state index in [9.17, 15) is 4.79 Å². The van der Waals surface area contributed by atoms with Gasteiger partial charge in [0, 0.05) is 18.9 Å². The number of amides is 1. The lowest BCUT2D eigenvalue weighted by Gasteiger charge is -2.25. The van der Waals surface area contributed by atoms with Gasteiger partial charge in [0.2, 0.25) is 5.91 Å². The minimum absolute atomic E-state index is 0.101. The highest BCUT2D eigenvalue weighted by molar-refractivity contribution is 5.82. The number of carbonyl (C=O) groups is 1. The second-order valence-electron chi connectivity index (χ2n) is 2.87. The van der Waals surface area contributed by atoms with Crippen LogP contribution >= 0.6 is 0 Å². The summed E-state index contributed by atoms with van der Waals surface area (Å²) in [6, 6.07) is 0.210. The zero-order chi connectivity index (χ0) is 8.55. The second-order valence-corrected chi connectivity index (χ2v) is 2.87. The molecule has 1 saturated heterocycles. The lowest BCUT2D eigenvalue weighted by atomic mass is 10.0. The van der Waals surface area contributed by atoms with Gasteiger partial charge in [0.25, 0.3) is 0 Å². The maximum atomic E-state index is 10.5. The van der Waals surface area contributed by atoms with Gasteiger partial charge in [-0.05, 0) is 5.21 Å². The Morgan fingerprint density at radius 3 is 3.00 bits per heavy atom. The molecule has 1 unspecified atom stereocenters. The third-order valence-corrected chi connectivity index (χ3v) is 1.78. The Morgan fingerprint density at radius 2 is 2.50 bits per heavy atom. The van der Waals surface area contributed by atoms with Crippen LogP contribution in [0.15, 0.2) is 0 Å². The molecule has 1 amide bonds. The average Bonchev–Trinajstić information content (AvgIpc) is 2.33. The van der Waals surface area contributed by atoms with Crippen LogP contribution in [0, 0.1) is 0 Å². The third-order valence-electron chi connectivity index (χ3n) is 1.78. The molecular weight excluding hydrogens is 158 g/mol. The molecule has 6 nitrogen and oxygen atoms in total. The van der Waals surface area contributed by atoms with Crippen molar-refractivity contribution in [2.45, 2.75) is 18.9 Å². The van der Waals surface area contributed by atoms with Crippen LogP contribution in [0.3, 0.4) is 0 Å². The van der Waals surface area contributed by atoms with E-state index in [0.717, 1.165) is 0 Å². The highest BCUT2D eigenvalue weighted by Gasteiger charge is 2.26. The largest absolute Gasteiger partial charge is 0.352 e. The van der Waals surface area contributed by atoms with Crippen molar-refractivity contribution >= 4 is 5.91 Å². The molecule has 0 bridgehead atoms. The fraction of sp³-hybridized carbons (Fsp3) is 0.667. The van der Waals surface area contributed by atoms with E-state index >= 15 is 0 Å². The molecule has 0 spiro atoms. The van der Waals surface area contributed by atoms with Crippen molar-refractivity contribution in [2.75, 3.05) is 0 Å². The summed E-state index contributed by atoms with van der Waals surface area (Å²) in [5.41, 5.74) is 0. The van der Waals surface area contributed by atoms with Gasteiger partial charge in [0.1, 0.15) is 0 Å². The SMILES string of the molecule is Cn1nnc(CC2CC(=O)N2)n1. The van der Waals surface area contributed by atoms with Gasteiger partial charge in [-0.25, -0.2) is 0 Å². The van der Waals surface area contributed by atoms with Gasteiger partial charge >= 0.3 is 0 Å². The molecule has 1 aromatic rings. The fourth-order valence-electron chi connectivity index (χ4n) is 1.18. The summed E-state index contributed by atoms with van der Waals surface area (Å²) in [5, 5.41) is 14.2. The van der Waals surface area contributed by atoms with Gasteiger partial charge in [0.05, 0.1) is 7.05 Å². The van der Waals surface area contributed by atoms with E-state index in [1.807, 2.05) is 0 Å². The van der Waals surface area contributed by atoms with Gasteiger partial charge in [-0.3, -0.25) is 4.79 Å². The number of β-lactam (4-membered cyclic amide) rings is 1. The molecule has 1 fully saturated rings. The molecule has 0 radical (unpaired) electrons. The number of hydrogen-bond acceptors (Lipinski definition) is 4. The van der Waals surface area contributed by atoms with E-state index < -0.39 is 0 Å². The first kappa shape index (κ1) is 7.20. The van der Waals surface area contributed by atoms with Crippen LogP contribution in [-0.4, -0.2) is 32.2 Å². The molecule has 0 aromatic carbocycles. The minimum Gasteiger partial charge on any atom is -0.352 e. The molecule has 12 heavy (non-hydrogen) atoms. The van der Waals surface area contributed by atoms with Crippen LogP contribution in [0.5, 0.6) is 0 Å². The Kier molecular flexibility index (Phi) is 1.53. The first-order chi connectivity index (χ1) is 5.74. The number of aryl methyl sites for hydroxylation is 1. The lowest BCUT2D eigenvalue weighted by molar-refractivity contribution is -0.128. The van der Waals surface area contributed by atoms with Crippen molar-refractivity contribution in [1.29, 1.82) is 0 Å². The molecule has 1 aliphatic heterocycles. The molecule has 2 heterocycles. The predicted octanol–water partition coefficient (Wildman–Crippen LogP) is -1.36. The minimum atomic E-state index is 0.101. The average molecular weight is 167 g/mol. The van der Waals surface area contributed by atoms with Crippen molar-refractivity contribution < 1.29 is 4.79 Å². The Labute approximate surface area is 68.9 Å². The molecule has 64 valence electrons. The van der Waals surface area contributed by atoms with Crippen LogP contribution < -0.4 is 5.32 Å². The van der Waals surface area contributed by atoms with Crippen molar-refractivity contribution in [3.8, 4) is 0 Å². The fourth-order valence-corrected chi connectivity index (χ4v) is 1.18. The Hall–Kier alpha value is -1.46. The van der Waals surface area contributed by atoms with Gasteiger partial charge in [-0.15, -0.1) is 10.2 Å². The Balaban J connectivity index is 1.92. The normalized spacial score (nSPS) is 21.8. The Morgan fingerprint density at radius 1 is 1.75 bits per heavy atom. The highest BCUT2D eigenvalue weighted by Crippen LogP contribution is 2.07. The molecule has 1 N–H and O–H groups in total. The van der Waals surface area contributed by atoms with Crippen molar-refractivity contribution in [2.24, 2.45) is 7.05 Å².